The molecule has 0 radical (unpaired) electrons. The molecule has 0 N–H and O–H groups in total. The number of rotatable bonds is 5. The van der Waals surface area contributed by atoms with E-state index in [4.69, 9.17) is 4.74 Å². The van der Waals surface area contributed by atoms with Gasteiger partial charge in [0.05, 0.1) is 35.8 Å². The van der Waals surface area contributed by atoms with Crippen LogP contribution in [0.4, 0.5) is 11.6 Å². The zero-order valence-electron chi connectivity index (χ0n) is 18.6. The molecule has 0 bridgehead atoms. The molecule has 4 aromatic rings. The number of hydrogen-bond acceptors (Lipinski definition) is 8. The highest BCUT2D eigenvalue weighted by Crippen LogP contribution is 2.22. The summed E-state index contributed by atoms with van der Waals surface area (Å²) in [6, 6.07) is 9.27. The first kappa shape index (κ1) is 21.1. The number of pyridine rings is 1. The van der Waals surface area contributed by atoms with Gasteiger partial charge < -0.3 is 14.5 Å². The van der Waals surface area contributed by atoms with Crippen LogP contribution in [0.3, 0.4) is 0 Å². The Morgan fingerprint density at radius 1 is 0.970 bits per heavy atom. The Bertz CT molecular complexity index is 1440. The maximum Gasteiger partial charge on any atom is 0.264 e. The summed E-state index contributed by atoms with van der Waals surface area (Å²) in [5, 5.41) is 1.12. The maximum atomic E-state index is 12.7. The molecule has 3 aromatic heterocycles. The van der Waals surface area contributed by atoms with Gasteiger partial charge in [0, 0.05) is 52.2 Å². The molecule has 1 aliphatic rings. The van der Waals surface area contributed by atoms with Crippen LogP contribution < -0.4 is 20.9 Å². The van der Waals surface area contributed by atoms with E-state index in [0.29, 0.717) is 54.1 Å². The van der Waals surface area contributed by atoms with Crippen molar-refractivity contribution in [2.45, 2.75) is 6.54 Å². The number of aromatic nitrogens is 5. The van der Waals surface area contributed by atoms with Gasteiger partial charge in [0.15, 0.2) is 5.65 Å². The van der Waals surface area contributed by atoms with E-state index in [1.807, 2.05) is 18.2 Å². The lowest BCUT2D eigenvalue weighted by molar-refractivity contribution is 0.186. The van der Waals surface area contributed by atoms with Crippen molar-refractivity contribution in [3.8, 4) is 0 Å². The lowest BCUT2D eigenvalue weighted by atomic mass is 10.2. The molecule has 1 fully saturated rings. The van der Waals surface area contributed by atoms with E-state index in [1.54, 1.807) is 47.9 Å². The highest BCUT2D eigenvalue weighted by atomic mass is 16.5. The number of ether oxygens (including phenoxy) is 1. The fourth-order valence-electron chi connectivity index (χ4n) is 4.23. The van der Waals surface area contributed by atoms with Crippen molar-refractivity contribution in [2.75, 3.05) is 49.7 Å². The topological polar surface area (TPSA) is 98.4 Å². The SMILES string of the molecule is COCCn1cnc2cc(N3CCN(c4nc5ncccc5c(=O)n4C)CC3)ccc2c1=O. The average molecular weight is 447 g/mol. The molecule has 0 spiro atoms. The summed E-state index contributed by atoms with van der Waals surface area (Å²) in [6.07, 6.45) is 3.22. The molecule has 1 aliphatic heterocycles. The molecule has 0 amide bonds. The second-order valence-electron chi connectivity index (χ2n) is 8.06. The monoisotopic (exact) mass is 447 g/mol. The lowest BCUT2D eigenvalue weighted by Gasteiger charge is -2.37. The summed E-state index contributed by atoms with van der Waals surface area (Å²) in [6.45, 7) is 3.87. The van der Waals surface area contributed by atoms with Crippen LogP contribution in [0.5, 0.6) is 0 Å². The minimum atomic E-state index is -0.0951. The molecule has 170 valence electrons. The van der Waals surface area contributed by atoms with E-state index < -0.39 is 0 Å². The van der Waals surface area contributed by atoms with E-state index in [1.165, 1.54) is 0 Å². The quantitative estimate of drug-likeness (QED) is 0.447. The van der Waals surface area contributed by atoms with Gasteiger partial charge in [-0.25, -0.2) is 9.97 Å². The third kappa shape index (κ3) is 3.82. The van der Waals surface area contributed by atoms with Crippen LogP contribution in [0.1, 0.15) is 0 Å². The number of methoxy groups -OCH3 is 1. The Hall–Kier alpha value is -3.79. The molecule has 1 aromatic carbocycles. The molecular weight excluding hydrogens is 422 g/mol. The van der Waals surface area contributed by atoms with Gasteiger partial charge >= 0.3 is 0 Å². The number of hydrogen-bond donors (Lipinski definition) is 0. The third-order valence-electron chi connectivity index (χ3n) is 6.10. The first-order chi connectivity index (χ1) is 16.1. The lowest BCUT2D eigenvalue weighted by Crippen LogP contribution is -2.48. The van der Waals surface area contributed by atoms with E-state index >= 15 is 0 Å². The van der Waals surface area contributed by atoms with Gasteiger partial charge in [0.1, 0.15) is 0 Å². The van der Waals surface area contributed by atoms with E-state index in [0.717, 1.165) is 18.8 Å². The highest BCUT2D eigenvalue weighted by Gasteiger charge is 2.22. The first-order valence-electron chi connectivity index (χ1n) is 10.9. The predicted octanol–water partition coefficient (Wildman–Crippen LogP) is 1.01. The molecule has 5 rings (SSSR count). The van der Waals surface area contributed by atoms with Crippen LogP contribution in [-0.4, -0.2) is 64.0 Å². The third-order valence-corrected chi connectivity index (χ3v) is 6.10. The predicted molar refractivity (Wildman–Crippen MR) is 127 cm³/mol. The number of benzene rings is 1. The molecule has 0 aliphatic carbocycles. The largest absolute Gasteiger partial charge is 0.383 e. The van der Waals surface area contributed by atoms with Gasteiger partial charge in [-0.15, -0.1) is 0 Å². The second kappa shape index (κ2) is 8.62. The first-order valence-corrected chi connectivity index (χ1v) is 10.9. The van der Waals surface area contributed by atoms with Gasteiger partial charge in [-0.05, 0) is 30.3 Å². The number of nitrogens with zero attached hydrogens (tertiary/aromatic N) is 7. The standard InChI is InChI=1S/C23H25N7O3/c1-27-21(31)18-4-3-7-24-20(18)26-23(27)29-10-8-28(9-11-29)16-5-6-17-19(14-16)25-15-30(22(17)32)12-13-33-2/h3-7,14-15H,8-13H2,1-2H3. The van der Waals surface area contributed by atoms with Gasteiger partial charge in [-0.1, -0.05) is 0 Å². The van der Waals surface area contributed by atoms with Crippen molar-refractivity contribution in [2.24, 2.45) is 7.05 Å². The minimum Gasteiger partial charge on any atom is -0.383 e. The summed E-state index contributed by atoms with van der Waals surface area (Å²) < 4.78 is 8.22. The summed E-state index contributed by atoms with van der Waals surface area (Å²) in [7, 11) is 3.36. The van der Waals surface area contributed by atoms with Crippen LogP contribution in [0, 0.1) is 0 Å². The van der Waals surface area contributed by atoms with Crippen LogP contribution in [-0.2, 0) is 18.3 Å². The normalized spacial score (nSPS) is 14.4. The van der Waals surface area contributed by atoms with Gasteiger partial charge in [0.25, 0.3) is 11.1 Å². The zero-order chi connectivity index (χ0) is 22.9. The minimum absolute atomic E-state index is 0.0645. The fourth-order valence-corrected chi connectivity index (χ4v) is 4.23. The Kier molecular flexibility index (Phi) is 5.51. The van der Waals surface area contributed by atoms with E-state index in [9.17, 15) is 9.59 Å². The van der Waals surface area contributed by atoms with Crippen molar-refractivity contribution in [1.29, 1.82) is 0 Å². The highest BCUT2D eigenvalue weighted by molar-refractivity contribution is 5.81. The van der Waals surface area contributed by atoms with Crippen molar-refractivity contribution in [1.82, 2.24) is 24.1 Å². The summed E-state index contributed by atoms with van der Waals surface area (Å²) in [5.74, 6) is 0.627. The van der Waals surface area contributed by atoms with E-state index in [2.05, 4.69) is 24.8 Å². The number of anilines is 2. The molecule has 10 nitrogen and oxygen atoms in total. The molecule has 1 saturated heterocycles. The van der Waals surface area contributed by atoms with Crippen LogP contribution in [0.15, 0.2) is 52.4 Å². The average Bonchev–Trinajstić information content (AvgIpc) is 2.86. The number of piperazine rings is 1. The van der Waals surface area contributed by atoms with Gasteiger partial charge in [-0.2, -0.15) is 4.98 Å². The summed E-state index contributed by atoms with van der Waals surface area (Å²) >= 11 is 0. The Morgan fingerprint density at radius 2 is 1.76 bits per heavy atom. The van der Waals surface area contributed by atoms with Crippen LogP contribution in [0.25, 0.3) is 21.9 Å². The molecule has 33 heavy (non-hydrogen) atoms. The Labute approximate surface area is 189 Å². The summed E-state index contributed by atoms with van der Waals surface area (Å²) in [5.41, 5.74) is 2.01. The van der Waals surface area contributed by atoms with Crippen LogP contribution in [0.2, 0.25) is 0 Å². The zero-order valence-corrected chi connectivity index (χ0v) is 18.6. The summed E-state index contributed by atoms with van der Waals surface area (Å²) in [4.78, 5) is 43.1. The second-order valence-corrected chi connectivity index (χ2v) is 8.06. The van der Waals surface area contributed by atoms with Crippen molar-refractivity contribution < 1.29 is 4.74 Å². The van der Waals surface area contributed by atoms with Gasteiger partial charge in [-0.3, -0.25) is 18.7 Å². The molecule has 4 heterocycles. The van der Waals surface area contributed by atoms with Crippen molar-refractivity contribution in [3.05, 3.63) is 63.6 Å². The van der Waals surface area contributed by atoms with Crippen molar-refractivity contribution >= 4 is 33.6 Å². The van der Waals surface area contributed by atoms with Crippen LogP contribution >= 0.6 is 0 Å². The molecular formula is C23H25N7O3. The van der Waals surface area contributed by atoms with Gasteiger partial charge in [0.2, 0.25) is 5.95 Å². The molecule has 0 unspecified atom stereocenters. The fraction of sp³-hybridized carbons (Fsp3) is 0.348. The molecule has 0 atom stereocenters. The molecule has 10 heteroatoms. The van der Waals surface area contributed by atoms with E-state index in [-0.39, 0.29) is 11.1 Å². The Balaban J connectivity index is 1.36. The maximum absolute atomic E-state index is 12.7. The molecule has 0 saturated carbocycles. The Morgan fingerprint density at radius 3 is 2.55 bits per heavy atom. The smallest absolute Gasteiger partial charge is 0.264 e. The van der Waals surface area contributed by atoms with Crippen molar-refractivity contribution in [3.63, 3.8) is 0 Å². The number of fused-ring (bicyclic) bond motifs is 2.